The molecule has 0 bridgehead atoms. The number of rotatable bonds is 6. The van der Waals surface area contributed by atoms with Gasteiger partial charge >= 0.3 is 0 Å². The molecule has 0 spiro atoms. The second-order valence-corrected chi connectivity index (χ2v) is 7.10. The van der Waals surface area contributed by atoms with E-state index in [1.807, 2.05) is 24.4 Å². The molecule has 0 saturated carbocycles. The molecule has 29 heavy (non-hydrogen) atoms. The van der Waals surface area contributed by atoms with E-state index in [0.717, 1.165) is 47.8 Å². The zero-order valence-corrected chi connectivity index (χ0v) is 17.1. The van der Waals surface area contributed by atoms with Crippen LogP contribution in [0.2, 0.25) is 0 Å². The van der Waals surface area contributed by atoms with Crippen molar-refractivity contribution in [3.63, 3.8) is 0 Å². The Bertz CT molecular complexity index is 986. The van der Waals surface area contributed by atoms with Crippen LogP contribution in [0.4, 0.5) is 0 Å². The lowest BCUT2D eigenvalue weighted by Crippen LogP contribution is -2.32. The molecule has 0 amide bonds. The summed E-state index contributed by atoms with van der Waals surface area (Å²) < 4.78 is 16.7. The van der Waals surface area contributed by atoms with E-state index in [1.54, 1.807) is 27.5 Å². The summed E-state index contributed by atoms with van der Waals surface area (Å²) in [5.41, 5.74) is 5.79. The molecule has 2 heterocycles. The van der Waals surface area contributed by atoms with Crippen molar-refractivity contribution in [3.05, 3.63) is 71.5 Å². The SMILES string of the molecule is COc1ccncc1-c1ccc(CC2NCCc3c(OC)ccc(OC)c32)cc1. The average molecular weight is 390 g/mol. The Morgan fingerprint density at radius 2 is 1.62 bits per heavy atom. The Hall–Kier alpha value is -3.05. The van der Waals surface area contributed by atoms with Crippen molar-refractivity contribution in [2.45, 2.75) is 18.9 Å². The Balaban J connectivity index is 1.62. The van der Waals surface area contributed by atoms with Gasteiger partial charge in [-0.2, -0.15) is 0 Å². The van der Waals surface area contributed by atoms with Gasteiger partial charge in [-0.3, -0.25) is 4.98 Å². The van der Waals surface area contributed by atoms with Gasteiger partial charge in [0.15, 0.2) is 0 Å². The van der Waals surface area contributed by atoms with Gasteiger partial charge in [0, 0.05) is 35.1 Å². The number of methoxy groups -OCH3 is 3. The molecule has 0 fully saturated rings. The summed E-state index contributed by atoms with van der Waals surface area (Å²) in [5, 5.41) is 3.65. The molecule has 4 rings (SSSR count). The highest BCUT2D eigenvalue weighted by Crippen LogP contribution is 2.39. The lowest BCUT2D eigenvalue weighted by molar-refractivity contribution is 0.375. The van der Waals surface area contributed by atoms with Gasteiger partial charge < -0.3 is 19.5 Å². The molecule has 0 aliphatic carbocycles. The van der Waals surface area contributed by atoms with E-state index >= 15 is 0 Å². The lowest BCUT2D eigenvalue weighted by Gasteiger charge is -2.30. The Labute approximate surface area is 171 Å². The van der Waals surface area contributed by atoms with Gasteiger partial charge in [-0.1, -0.05) is 24.3 Å². The smallest absolute Gasteiger partial charge is 0.129 e. The van der Waals surface area contributed by atoms with Crippen LogP contribution in [0.25, 0.3) is 11.1 Å². The predicted octanol–water partition coefficient (Wildman–Crippen LogP) is 4.20. The fourth-order valence-corrected chi connectivity index (χ4v) is 4.11. The predicted molar refractivity (Wildman–Crippen MR) is 114 cm³/mol. The maximum atomic E-state index is 5.67. The number of nitrogens with one attached hydrogen (secondary N) is 1. The number of fused-ring (bicyclic) bond motifs is 1. The molecule has 5 nitrogen and oxygen atoms in total. The quantitative estimate of drug-likeness (QED) is 0.684. The first-order chi connectivity index (χ1) is 14.2. The van der Waals surface area contributed by atoms with Gasteiger partial charge in [0.25, 0.3) is 0 Å². The third-order valence-corrected chi connectivity index (χ3v) is 5.53. The van der Waals surface area contributed by atoms with Crippen LogP contribution in [0, 0.1) is 0 Å². The van der Waals surface area contributed by atoms with Gasteiger partial charge in [-0.15, -0.1) is 0 Å². The second kappa shape index (κ2) is 8.53. The van der Waals surface area contributed by atoms with Crippen LogP contribution in [0.3, 0.4) is 0 Å². The van der Waals surface area contributed by atoms with Gasteiger partial charge in [0.2, 0.25) is 0 Å². The second-order valence-electron chi connectivity index (χ2n) is 7.10. The van der Waals surface area contributed by atoms with Crippen LogP contribution in [0.15, 0.2) is 54.9 Å². The fourth-order valence-electron chi connectivity index (χ4n) is 4.11. The minimum absolute atomic E-state index is 0.183. The Morgan fingerprint density at radius 1 is 0.897 bits per heavy atom. The Morgan fingerprint density at radius 3 is 2.34 bits per heavy atom. The van der Waals surface area contributed by atoms with E-state index in [1.165, 1.54) is 16.7 Å². The third-order valence-electron chi connectivity index (χ3n) is 5.53. The van der Waals surface area contributed by atoms with Gasteiger partial charge in [-0.05, 0) is 48.7 Å². The van der Waals surface area contributed by atoms with Gasteiger partial charge in [0.05, 0.1) is 21.3 Å². The van der Waals surface area contributed by atoms with E-state index < -0.39 is 0 Å². The molecule has 2 aromatic carbocycles. The molecule has 3 aromatic rings. The molecule has 1 atom stereocenters. The monoisotopic (exact) mass is 390 g/mol. The average Bonchev–Trinajstić information content (AvgIpc) is 2.79. The number of hydrogen-bond acceptors (Lipinski definition) is 5. The first-order valence-corrected chi connectivity index (χ1v) is 9.79. The number of benzene rings is 2. The lowest BCUT2D eigenvalue weighted by atomic mass is 9.88. The molecule has 1 aromatic heterocycles. The first-order valence-electron chi connectivity index (χ1n) is 9.79. The molecule has 0 saturated heterocycles. The van der Waals surface area contributed by atoms with Gasteiger partial charge in [-0.25, -0.2) is 0 Å². The topological polar surface area (TPSA) is 52.6 Å². The van der Waals surface area contributed by atoms with Crippen molar-refractivity contribution in [3.8, 4) is 28.4 Å². The molecule has 1 aliphatic rings. The molecule has 150 valence electrons. The fraction of sp³-hybridized carbons (Fsp3) is 0.292. The summed E-state index contributed by atoms with van der Waals surface area (Å²) in [5.74, 6) is 2.67. The van der Waals surface area contributed by atoms with E-state index in [9.17, 15) is 0 Å². The van der Waals surface area contributed by atoms with E-state index in [-0.39, 0.29) is 6.04 Å². The Kier molecular flexibility index (Phi) is 5.67. The standard InChI is InChI=1S/C24H26N2O3/c1-27-21-8-9-23(29-3)24-18(21)10-13-26-20(24)14-16-4-6-17(7-5-16)19-15-25-12-11-22(19)28-2/h4-9,11-12,15,20,26H,10,13-14H2,1-3H3. The van der Waals surface area contributed by atoms with Crippen LogP contribution < -0.4 is 19.5 Å². The summed E-state index contributed by atoms with van der Waals surface area (Å²) >= 11 is 0. The zero-order valence-electron chi connectivity index (χ0n) is 17.1. The van der Waals surface area contributed by atoms with Crippen molar-refractivity contribution in [1.29, 1.82) is 0 Å². The van der Waals surface area contributed by atoms with Crippen molar-refractivity contribution < 1.29 is 14.2 Å². The first kappa shape index (κ1) is 19.3. The minimum Gasteiger partial charge on any atom is -0.496 e. The normalized spacial score (nSPS) is 15.5. The molecule has 1 N–H and O–H groups in total. The summed E-state index contributed by atoms with van der Waals surface area (Å²) in [4.78, 5) is 4.23. The number of pyridine rings is 1. The summed E-state index contributed by atoms with van der Waals surface area (Å²) in [6, 6.07) is 14.7. The summed E-state index contributed by atoms with van der Waals surface area (Å²) in [6.07, 6.45) is 5.39. The van der Waals surface area contributed by atoms with Crippen molar-refractivity contribution in [1.82, 2.24) is 10.3 Å². The summed E-state index contributed by atoms with van der Waals surface area (Å²) in [6.45, 7) is 0.923. The third kappa shape index (κ3) is 3.78. The highest BCUT2D eigenvalue weighted by molar-refractivity contribution is 5.69. The highest BCUT2D eigenvalue weighted by Gasteiger charge is 2.26. The van der Waals surface area contributed by atoms with Crippen LogP contribution in [0.1, 0.15) is 22.7 Å². The summed E-state index contributed by atoms with van der Waals surface area (Å²) in [7, 11) is 5.13. The van der Waals surface area contributed by atoms with Crippen molar-refractivity contribution >= 4 is 0 Å². The number of aromatic nitrogens is 1. The van der Waals surface area contributed by atoms with Crippen LogP contribution in [-0.4, -0.2) is 32.9 Å². The van der Waals surface area contributed by atoms with Crippen LogP contribution >= 0.6 is 0 Å². The van der Waals surface area contributed by atoms with Gasteiger partial charge in [0.1, 0.15) is 17.2 Å². The minimum atomic E-state index is 0.183. The molecule has 5 heteroatoms. The highest BCUT2D eigenvalue weighted by atomic mass is 16.5. The molecular formula is C24H26N2O3. The zero-order chi connectivity index (χ0) is 20.2. The molecule has 0 radical (unpaired) electrons. The van der Waals surface area contributed by atoms with Crippen molar-refractivity contribution in [2.75, 3.05) is 27.9 Å². The number of ether oxygens (including phenoxy) is 3. The maximum Gasteiger partial charge on any atom is 0.129 e. The molecular weight excluding hydrogens is 364 g/mol. The van der Waals surface area contributed by atoms with Crippen LogP contribution in [-0.2, 0) is 12.8 Å². The largest absolute Gasteiger partial charge is 0.496 e. The van der Waals surface area contributed by atoms with Crippen molar-refractivity contribution in [2.24, 2.45) is 0 Å². The van der Waals surface area contributed by atoms with E-state index in [0.29, 0.717) is 0 Å². The van der Waals surface area contributed by atoms with Crippen LogP contribution in [0.5, 0.6) is 17.2 Å². The molecule has 1 aliphatic heterocycles. The van der Waals surface area contributed by atoms with E-state index in [4.69, 9.17) is 14.2 Å². The number of nitrogens with zero attached hydrogens (tertiary/aromatic N) is 1. The van der Waals surface area contributed by atoms with E-state index in [2.05, 4.69) is 34.6 Å². The number of hydrogen-bond donors (Lipinski definition) is 1. The molecule has 1 unspecified atom stereocenters. The maximum absolute atomic E-state index is 5.67.